The van der Waals surface area contributed by atoms with E-state index in [4.69, 9.17) is 0 Å². The Morgan fingerprint density at radius 1 is 1.32 bits per heavy atom. The normalized spacial score (nSPS) is 23.1. The molecular formula is C14H15FN2O2. The zero-order chi connectivity index (χ0) is 13.6. The van der Waals surface area contributed by atoms with Crippen molar-refractivity contribution in [3.05, 3.63) is 29.6 Å². The first-order valence-corrected chi connectivity index (χ1v) is 6.45. The average molecular weight is 262 g/mol. The fourth-order valence-electron chi connectivity index (χ4n) is 2.42. The van der Waals surface area contributed by atoms with Gasteiger partial charge in [0.1, 0.15) is 11.9 Å². The number of likely N-dealkylation sites (tertiary alicyclic amines) is 1. The van der Waals surface area contributed by atoms with Crippen LogP contribution in [0.25, 0.3) is 0 Å². The number of hydrogen-bond donors (Lipinski definition) is 1. The summed E-state index contributed by atoms with van der Waals surface area (Å²) in [6.45, 7) is 1.85. The summed E-state index contributed by atoms with van der Waals surface area (Å²) in [5.41, 5.74) is 1.18. The van der Waals surface area contributed by atoms with Crippen LogP contribution in [-0.2, 0) is 9.59 Å². The van der Waals surface area contributed by atoms with E-state index in [1.807, 2.05) is 6.92 Å². The van der Waals surface area contributed by atoms with Crippen LogP contribution < -0.4 is 5.32 Å². The van der Waals surface area contributed by atoms with E-state index < -0.39 is 11.9 Å². The number of anilines is 1. The van der Waals surface area contributed by atoms with Crippen molar-refractivity contribution in [3.63, 3.8) is 0 Å². The molecule has 2 aliphatic rings. The van der Waals surface area contributed by atoms with E-state index in [0.717, 1.165) is 18.4 Å². The molecule has 2 amide bonds. The van der Waals surface area contributed by atoms with Crippen molar-refractivity contribution in [2.45, 2.75) is 38.3 Å². The van der Waals surface area contributed by atoms with Crippen LogP contribution in [0.4, 0.5) is 10.1 Å². The van der Waals surface area contributed by atoms with Crippen molar-refractivity contribution < 1.29 is 14.0 Å². The molecule has 0 bridgehead atoms. The minimum atomic E-state index is -0.635. The first-order valence-electron chi connectivity index (χ1n) is 6.45. The van der Waals surface area contributed by atoms with Gasteiger partial charge in [-0.2, -0.15) is 0 Å². The van der Waals surface area contributed by atoms with E-state index in [1.165, 1.54) is 11.0 Å². The number of carbonyl (C=O) groups is 2. The molecule has 19 heavy (non-hydrogen) atoms. The summed E-state index contributed by atoms with van der Waals surface area (Å²) in [7, 11) is 0. The molecule has 0 spiro atoms. The molecule has 1 atom stereocenters. The van der Waals surface area contributed by atoms with Crippen LogP contribution >= 0.6 is 0 Å². The summed E-state index contributed by atoms with van der Waals surface area (Å²) in [6, 6.07) is 4.11. The maximum absolute atomic E-state index is 13.6. The van der Waals surface area contributed by atoms with E-state index in [1.54, 1.807) is 12.1 Å². The quantitative estimate of drug-likeness (QED) is 0.845. The van der Waals surface area contributed by atoms with Crippen LogP contribution in [0.1, 0.15) is 24.8 Å². The number of nitrogens with zero attached hydrogens (tertiary/aromatic N) is 1. The number of hydrogen-bond acceptors (Lipinski definition) is 3. The topological polar surface area (TPSA) is 49.4 Å². The lowest BCUT2D eigenvalue weighted by atomic mass is 10.2. The number of nitrogens with one attached hydrogen (secondary N) is 1. The fraction of sp³-hybridized carbons (Fsp3) is 0.429. The second-order valence-electron chi connectivity index (χ2n) is 5.22. The number of benzene rings is 1. The summed E-state index contributed by atoms with van der Waals surface area (Å²) in [6.07, 6.45) is 1.90. The molecule has 1 aromatic carbocycles. The molecular weight excluding hydrogens is 247 g/mol. The van der Waals surface area contributed by atoms with Crippen molar-refractivity contribution in [2.24, 2.45) is 0 Å². The number of aryl methyl sites for hydroxylation is 1. The largest absolute Gasteiger partial charge is 0.371 e. The Balaban J connectivity index is 1.78. The minimum absolute atomic E-state index is 0.0779. The molecule has 1 aliphatic carbocycles. The van der Waals surface area contributed by atoms with Crippen molar-refractivity contribution in [1.29, 1.82) is 0 Å². The molecule has 0 radical (unpaired) electrons. The fourth-order valence-corrected chi connectivity index (χ4v) is 2.42. The molecule has 1 N–H and O–H groups in total. The highest BCUT2D eigenvalue weighted by atomic mass is 19.1. The van der Waals surface area contributed by atoms with Crippen LogP contribution in [0.2, 0.25) is 0 Å². The lowest BCUT2D eigenvalue weighted by Gasteiger charge is -2.15. The summed E-state index contributed by atoms with van der Waals surface area (Å²) in [5.74, 6) is -0.790. The van der Waals surface area contributed by atoms with Gasteiger partial charge in [-0.05, 0) is 37.5 Å². The standard InChI is InChI=1S/C14H15FN2O2/c1-8-2-5-10(15)11(6-8)16-12-7-13(18)17(14(12)19)9-3-4-9/h2,5-6,9,12,16H,3-4,7H2,1H3. The lowest BCUT2D eigenvalue weighted by molar-refractivity contribution is -0.139. The number of amides is 2. The van der Waals surface area contributed by atoms with Gasteiger partial charge in [0.25, 0.3) is 5.91 Å². The SMILES string of the molecule is Cc1ccc(F)c(NC2CC(=O)N(C3CC3)C2=O)c1. The van der Waals surface area contributed by atoms with Crippen LogP contribution in [0, 0.1) is 12.7 Å². The van der Waals surface area contributed by atoms with Crippen LogP contribution in [0.5, 0.6) is 0 Å². The minimum Gasteiger partial charge on any atom is -0.371 e. The number of rotatable bonds is 3. The second-order valence-corrected chi connectivity index (χ2v) is 5.22. The summed E-state index contributed by atoms with van der Waals surface area (Å²) in [5, 5.41) is 2.86. The van der Waals surface area contributed by atoms with Gasteiger partial charge in [0, 0.05) is 6.04 Å². The molecule has 100 valence electrons. The number of imide groups is 1. The maximum Gasteiger partial charge on any atom is 0.252 e. The van der Waals surface area contributed by atoms with E-state index >= 15 is 0 Å². The molecule has 3 rings (SSSR count). The Morgan fingerprint density at radius 2 is 2.05 bits per heavy atom. The number of halogens is 1. The third-order valence-corrected chi connectivity index (χ3v) is 3.55. The Hall–Kier alpha value is -1.91. The molecule has 0 aromatic heterocycles. The van der Waals surface area contributed by atoms with E-state index in [-0.39, 0.29) is 30.0 Å². The third-order valence-electron chi connectivity index (χ3n) is 3.55. The summed E-state index contributed by atoms with van der Waals surface area (Å²) in [4.78, 5) is 25.2. The Kier molecular flexibility index (Phi) is 2.77. The first kappa shape index (κ1) is 12.1. The van der Waals surface area contributed by atoms with Gasteiger partial charge in [-0.3, -0.25) is 14.5 Å². The molecule has 1 unspecified atom stereocenters. The van der Waals surface area contributed by atoms with Crippen molar-refractivity contribution in [1.82, 2.24) is 4.90 Å². The van der Waals surface area contributed by atoms with Gasteiger partial charge < -0.3 is 5.32 Å². The first-order chi connectivity index (χ1) is 9.06. The molecule has 1 aromatic rings. The Bertz CT molecular complexity index is 554. The van der Waals surface area contributed by atoms with Gasteiger partial charge in [0.05, 0.1) is 12.1 Å². The van der Waals surface area contributed by atoms with Crippen molar-refractivity contribution in [3.8, 4) is 0 Å². The molecule has 1 saturated heterocycles. The van der Waals surface area contributed by atoms with Gasteiger partial charge >= 0.3 is 0 Å². The molecule has 1 saturated carbocycles. The lowest BCUT2D eigenvalue weighted by Crippen LogP contribution is -2.36. The Labute approximate surface area is 110 Å². The van der Waals surface area contributed by atoms with E-state index in [2.05, 4.69) is 5.32 Å². The molecule has 1 heterocycles. The zero-order valence-corrected chi connectivity index (χ0v) is 10.6. The van der Waals surface area contributed by atoms with Crippen LogP contribution in [-0.4, -0.2) is 28.8 Å². The Morgan fingerprint density at radius 3 is 2.74 bits per heavy atom. The van der Waals surface area contributed by atoms with Crippen molar-refractivity contribution >= 4 is 17.5 Å². The smallest absolute Gasteiger partial charge is 0.252 e. The third kappa shape index (κ3) is 2.20. The van der Waals surface area contributed by atoms with Crippen LogP contribution in [0.15, 0.2) is 18.2 Å². The average Bonchev–Trinajstić information content (AvgIpc) is 3.13. The zero-order valence-electron chi connectivity index (χ0n) is 10.6. The van der Waals surface area contributed by atoms with Gasteiger partial charge in [0.15, 0.2) is 0 Å². The highest BCUT2D eigenvalue weighted by Crippen LogP contribution is 2.32. The van der Waals surface area contributed by atoms with Gasteiger partial charge in [-0.15, -0.1) is 0 Å². The highest BCUT2D eigenvalue weighted by molar-refractivity contribution is 6.07. The van der Waals surface area contributed by atoms with E-state index in [0.29, 0.717) is 0 Å². The van der Waals surface area contributed by atoms with Gasteiger partial charge in [0.2, 0.25) is 5.91 Å². The molecule has 2 fully saturated rings. The predicted octanol–water partition coefficient (Wildman–Crippen LogP) is 1.84. The van der Waals surface area contributed by atoms with E-state index in [9.17, 15) is 14.0 Å². The van der Waals surface area contributed by atoms with Gasteiger partial charge in [-0.1, -0.05) is 6.07 Å². The number of carbonyl (C=O) groups excluding carboxylic acids is 2. The summed E-state index contributed by atoms with van der Waals surface area (Å²) < 4.78 is 13.6. The van der Waals surface area contributed by atoms with Crippen molar-refractivity contribution in [2.75, 3.05) is 5.32 Å². The van der Waals surface area contributed by atoms with Crippen LogP contribution in [0.3, 0.4) is 0 Å². The maximum atomic E-state index is 13.6. The van der Waals surface area contributed by atoms with Gasteiger partial charge in [-0.25, -0.2) is 4.39 Å². The second kappa shape index (κ2) is 4.33. The molecule has 5 heteroatoms. The molecule has 4 nitrogen and oxygen atoms in total. The molecule has 1 aliphatic heterocycles. The highest BCUT2D eigenvalue weighted by Gasteiger charge is 2.46. The predicted molar refractivity (Wildman–Crippen MR) is 68.0 cm³/mol. The monoisotopic (exact) mass is 262 g/mol. The summed E-state index contributed by atoms with van der Waals surface area (Å²) >= 11 is 0.